The van der Waals surface area contributed by atoms with Gasteiger partial charge in [-0.3, -0.25) is 9.59 Å². The van der Waals surface area contributed by atoms with E-state index in [9.17, 15) is 18.0 Å². The monoisotopic (exact) mass is 421 g/mol. The van der Waals surface area contributed by atoms with Crippen molar-refractivity contribution in [3.8, 4) is 0 Å². The van der Waals surface area contributed by atoms with Crippen LogP contribution in [0.5, 0.6) is 0 Å². The van der Waals surface area contributed by atoms with Gasteiger partial charge in [0.1, 0.15) is 6.10 Å². The van der Waals surface area contributed by atoms with E-state index in [2.05, 4.69) is 5.32 Å². The first-order valence-corrected chi connectivity index (χ1v) is 11.5. The van der Waals surface area contributed by atoms with Crippen LogP contribution in [0.25, 0.3) is 0 Å². The third kappa shape index (κ3) is 3.78. The predicted molar refractivity (Wildman–Crippen MR) is 107 cm³/mol. The van der Waals surface area contributed by atoms with Crippen molar-refractivity contribution in [2.24, 2.45) is 0 Å². The molecule has 158 valence electrons. The van der Waals surface area contributed by atoms with E-state index < -0.39 is 15.4 Å². The summed E-state index contributed by atoms with van der Waals surface area (Å²) in [5, 5.41) is 2.82. The molecule has 8 nitrogen and oxygen atoms in total. The van der Waals surface area contributed by atoms with Gasteiger partial charge in [0.2, 0.25) is 15.9 Å². The number of nitrogens with one attached hydrogen (secondary N) is 1. The summed E-state index contributed by atoms with van der Waals surface area (Å²) >= 11 is 0. The Hall–Kier alpha value is -1.97. The number of fused-ring (bicyclic) bond motifs is 1. The summed E-state index contributed by atoms with van der Waals surface area (Å²) in [6.07, 6.45) is 1.56. The Morgan fingerprint density at radius 3 is 2.59 bits per heavy atom. The van der Waals surface area contributed by atoms with Gasteiger partial charge in [-0.25, -0.2) is 8.42 Å². The lowest BCUT2D eigenvalue weighted by Gasteiger charge is -2.36. The van der Waals surface area contributed by atoms with Crippen LogP contribution in [0.1, 0.15) is 38.7 Å². The molecule has 3 aliphatic rings. The van der Waals surface area contributed by atoms with Crippen LogP contribution in [0.3, 0.4) is 0 Å². The number of ether oxygens (including phenoxy) is 1. The van der Waals surface area contributed by atoms with Crippen molar-refractivity contribution in [1.29, 1.82) is 0 Å². The van der Waals surface area contributed by atoms with Crippen molar-refractivity contribution >= 4 is 27.5 Å². The molecule has 1 unspecified atom stereocenters. The Morgan fingerprint density at radius 1 is 1.21 bits per heavy atom. The molecule has 0 bridgehead atoms. The fraction of sp³-hybridized carbons (Fsp3) is 0.600. The molecule has 29 heavy (non-hydrogen) atoms. The summed E-state index contributed by atoms with van der Waals surface area (Å²) in [7, 11) is -3.68. The van der Waals surface area contributed by atoms with Crippen LogP contribution in [0, 0.1) is 0 Å². The zero-order valence-electron chi connectivity index (χ0n) is 16.8. The van der Waals surface area contributed by atoms with Gasteiger partial charge in [-0.15, -0.1) is 0 Å². The van der Waals surface area contributed by atoms with Crippen molar-refractivity contribution < 1.29 is 22.7 Å². The van der Waals surface area contributed by atoms with Crippen molar-refractivity contribution in [3.63, 3.8) is 0 Å². The van der Waals surface area contributed by atoms with Crippen molar-refractivity contribution in [3.05, 3.63) is 23.8 Å². The summed E-state index contributed by atoms with van der Waals surface area (Å²) in [5.74, 6) is -0.101. The Labute approximate surface area is 171 Å². The van der Waals surface area contributed by atoms with Crippen molar-refractivity contribution in [2.45, 2.75) is 49.5 Å². The highest BCUT2D eigenvalue weighted by atomic mass is 32.2. The SMILES string of the molecule is CC1(C)CC(=O)Nc2ccc(S(=O)(=O)N3CCN(C(=O)C4CCCO4)CC3)cc21. The molecule has 0 saturated carbocycles. The molecular formula is C20H27N3O5S. The fourth-order valence-electron chi connectivity index (χ4n) is 4.32. The highest BCUT2D eigenvalue weighted by molar-refractivity contribution is 7.89. The molecule has 0 radical (unpaired) electrons. The molecule has 1 aromatic rings. The maximum absolute atomic E-state index is 13.2. The van der Waals surface area contributed by atoms with Gasteiger partial charge < -0.3 is 15.0 Å². The first-order chi connectivity index (χ1) is 13.7. The average molecular weight is 422 g/mol. The number of sulfonamides is 1. The zero-order chi connectivity index (χ0) is 20.8. The van der Waals surface area contributed by atoms with E-state index in [1.165, 1.54) is 4.31 Å². The van der Waals surface area contributed by atoms with Gasteiger partial charge in [-0.1, -0.05) is 13.8 Å². The van der Waals surface area contributed by atoms with Gasteiger partial charge in [-0.2, -0.15) is 4.31 Å². The van der Waals surface area contributed by atoms with Gasteiger partial charge >= 0.3 is 0 Å². The standard InChI is InChI=1S/C20H27N3O5S/c1-20(2)13-18(24)21-16-6-5-14(12-15(16)20)29(26,27)23-9-7-22(8-10-23)19(25)17-4-3-11-28-17/h5-6,12,17H,3-4,7-11,13H2,1-2H3,(H,21,24). The van der Waals surface area contributed by atoms with Crippen LogP contribution in [-0.4, -0.2) is 68.3 Å². The maximum atomic E-state index is 13.2. The largest absolute Gasteiger partial charge is 0.368 e. The maximum Gasteiger partial charge on any atom is 0.251 e. The first kappa shape index (κ1) is 20.3. The van der Waals surface area contributed by atoms with E-state index in [0.717, 1.165) is 18.4 Å². The minimum Gasteiger partial charge on any atom is -0.368 e. The molecule has 1 N–H and O–H groups in total. The lowest BCUT2D eigenvalue weighted by Crippen LogP contribution is -2.52. The highest BCUT2D eigenvalue weighted by Gasteiger charge is 2.36. The molecule has 0 aliphatic carbocycles. The zero-order valence-corrected chi connectivity index (χ0v) is 17.6. The molecular weight excluding hydrogens is 394 g/mol. The van der Waals surface area contributed by atoms with Crippen molar-refractivity contribution in [2.75, 3.05) is 38.1 Å². The smallest absolute Gasteiger partial charge is 0.251 e. The number of rotatable bonds is 3. The van der Waals surface area contributed by atoms with Crippen LogP contribution < -0.4 is 5.32 Å². The number of amides is 2. The van der Waals surface area contributed by atoms with Crippen LogP contribution in [-0.2, 0) is 29.8 Å². The predicted octanol–water partition coefficient (Wildman–Crippen LogP) is 1.32. The average Bonchev–Trinajstić information content (AvgIpc) is 3.21. The number of piperazine rings is 1. The summed E-state index contributed by atoms with van der Waals surface area (Å²) in [5.41, 5.74) is 1.05. The molecule has 3 aliphatic heterocycles. The Balaban J connectivity index is 1.50. The topological polar surface area (TPSA) is 96.0 Å². The van der Waals surface area contributed by atoms with Gasteiger partial charge in [0.05, 0.1) is 4.90 Å². The number of hydrogen-bond acceptors (Lipinski definition) is 5. The Morgan fingerprint density at radius 2 is 1.93 bits per heavy atom. The molecule has 9 heteroatoms. The Bertz CT molecular complexity index is 929. The van der Waals surface area contributed by atoms with Gasteiger partial charge in [0.25, 0.3) is 5.91 Å². The second-order valence-corrected chi connectivity index (χ2v) is 10.5. The second-order valence-electron chi connectivity index (χ2n) is 8.55. The minimum absolute atomic E-state index is 0.0363. The number of carbonyl (C=O) groups excluding carboxylic acids is 2. The summed E-state index contributed by atoms with van der Waals surface area (Å²) in [4.78, 5) is 26.3. The van der Waals surface area contributed by atoms with E-state index >= 15 is 0 Å². The van der Waals surface area contributed by atoms with Crippen LogP contribution in [0.2, 0.25) is 0 Å². The number of nitrogens with zero attached hydrogens (tertiary/aromatic N) is 2. The number of hydrogen-bond donors (Lipinski definition) is 1. The Kier molecular flexibility index (Phi) is 5.16. The van der Waals surface area contributed by atoms with Gasteiger partial charge in [0, 0.05) is 50.3 Å². The molecule has 4 rings (SSSR count). The summed E-state index contributed by atoms with van der Waals surface area (Å²) in [6, 6.07) is 4.88. The van der Waals surface area contributed by atoms with Crippen LogP contribution >= 0.6 is 0 Å². The molecule has 3 heterocycles. The van der Waals surface area contributed by atoms with Crippen molar-refractivity contribution in [1.82, 2.24) is 9.21 Å². The molecule has 1 aromatic carbocycles. The van der Waals surface area contributed by atoms with E-state index in [4.69, 9.17) is 4.74 Å². The normalized spacial score (nSPS) is 24.8. The van der Waals surface area contributed by atoms with Gasteiger partial charge in [-0.05, 0) is 36.6 Å². The van der Waals surface area contributed by atoms with E-state index in [0.29, 0.717) is 31.8 Å². The summed E-state index contributed by atoms with van der Waals surface area (Å²) in [6.45, 7) is 5.75. The summed E-state index contributed by atoms with van der Waals surface area (Å²) < 4.78 is 33.3. The van der Waals surface area contributed by atoms with Crippen LogP contribution in [0.4, 0.5) is 5.69 Å². The molecule has 1 atom stereocenters. The van der Waals surface area contributed by atoms with E-state index in [-0.39, 0.29) is 35.9 Å². The third-order valence-electron chi connectivity index (χ3n) is 5.99. The van der Waals surface area contributed by atoms with Crippen LogP contribution in [0.15, 0.2) is 23.1 Å². The fourth-order valence-corrected chi connectivity index (χ4v) is 5.77. The lowest BCUT2D eigenvalue weighted by molar-refractivity contribution is -0.142. The second kappa shape index (κ2) is 7.37. The van der Waals surface area contributed by atoms with E-state index in [1.807, 2.05) is 13.8 Å². The first-order valence-electron chi connectivity index (χ1n) is 10.0. The quantitative estimate of drug-likeness (QED) is 0.794. The lowest BCUT2D eigenvalue weighted by atomic mass is 9.78. The van der Waals surface area contributed by atoms with Gasteiger partial charge in [0.15, 0.2) is 0 Å². The molecule has 0 spiro atoms. The number of benzene rings is 1. The minimum atomic E-state index is -3.68. The molecule has 2 amide bonds. The molecule has 0 aromatic heterocycles. The third-order valence-corrected chi connectivity index (χ3v) is 7.88. The molecule has 2 saturated heterocycles. The van der Waals surface area contributed by atoms with E-state index in [1.54, 1.807) is 23.1 Å². The highest BCUT2D eigenvalue weighted by Crippen LogP contribution is 2.38. The number of carbonyl (C=O) groups is 2. The molecule has 2 fully saturated rings. The number of anilines is 1.